The van der Waals surface area contributed by atoms with Crippen LogP contribution in [0.15, 0.2) is 6.33 Å². The minimum absolute atomic E-state index is 0.0451. The minimum Gasteiger partial charge on any atom is -0.354 e. The molecule has 0 spiro atoms. The lowest BCUT2D eigenvalue weighted by molar-refractivity contribution is -0.123. The molecule has 1 N–H and O–H groups in total. The van der Waals surface area contributed by atoms with E-state index in [1.165, 1.54) is 6.33 Å². The monoisotopic (exact) mass is 306 g/mol. The average Bonchev–Trinajstić information content (AvgIpc) is 3.07. The number of nitrogens with zero attached hydrogens (tertiary/aromatic N) is 5. The van der Waals surface area contributed by atoms with Crippen molar-refractivity contribution in [3.05, 3.63) is 17.0 Å². The van der Waals surface area contributed by atoms with E-state index in [0.717, 1.165) is 30.8 Å². The zero-order chi connectivity index (χ0) is 14.6. The second-order valence-electron chi connectivity index (χ2n) is 5.58. The Morgan fingerprint density at radius 2 is 2.33 bits per heavy atom. The van der Waals surface area contributed by atoms with Crippen LogP contribution in [0.25, 0.3) is 5.78 Å². The van der Waals surface area contributed by atoms with E-state index < -0.39 is 0 Å². The van der Waals surface area contributed by atoms with Gasteiger partial charge in [-0.05, 0) is 19.8 Å². The molecule has 2 unspecified atom stereocenters. The SMILES string of the molecule is Cc1c(Cl)nc2ncnn2c1N1CCCC2C(=O)NCC21. The number of nitrogens with one attached hydrogen (secondary N) is 1. The molecule has 0 radical (unpaired) electrons. The van der Waals surface area contributed by atoms with E-state index in [9.17, 15) is 4.79 Å². The topological polar surface area (TPSA) is 75.4 Å². The van der Waals surface area contributed by atoms with Crippen LogP contribution in [-0.2, 0) is 4.79 Å². The Kier molecular flexibility index (Phi) is 2.78. The Morgan fingerprint density at radius 1 is 1.48 bits per heavy atom. The van der Waals surface area contributed by atoms with Crippen LogP contribution in [0.3, 0.4) is 0 Å². The standard InChI is InChI=1S/C13H15ClN6O/c1-7-10(14)18-13-16-6-17-20(13)12(7)19-4-2-3-8-9(19)5-15-11(8)21/h6,8-9H,2-5H2,1H3,(H,15,21). The van der Waals surface area contributed by atoms with Gasteiger partial charge in [-0.25, -0.2) is 0 Å². The lowest BCUT2D eigenvalue weighted by atomic mass is 9.91. The molecule has 2 fully saturated rings. The lowest BCUT2D eigenvalue weighted by Gasteiger charge is -2.38. The van der Waals surface area contributed by atoms with Crippen molar-refractivity contribution in [2.24, 2.45) is 5.92 Å². The highest BCUT2D eigenvalue weighted by atomic mass is 35.5. The first-order chi connectivity index (χ1) is 10.2. The van der Waals surface area contributed by atoms with Crippen LogP contribution < -0.4 is 10.2 Å². The zero-order valence-electron chi connectivity index (χ0n) is 11.6. The van der Waals surface area contributed by atoms with Gasteiger partial charge in [0, 0.05) is 18.7 Å². The predicted molar refractivity (Wildman–Crippen MR) is 77.4 cm³/mol. The highest BCUT2D eigenvalue weighted by Crippen LogP contribution is 2.34. The van der Waals surface area contributed by atoms with Gasteiger partial charge in [-0.1, -0.05) is 11.6 Å². The van der Waals surface area contributed by atoms with Gasteiger partial charge in [0.1, 0.15) is 17.3 Å². The van der Waals surface area contributed by atoms with E-state index in [1.54, 1.807) is 4.52 Å². The molecule has 0 saturated carbocycles. The number of hydrogen-bond donors (Lipinski definition) is 1. The molecule has 2 aliphatic rings. The zero-order valence-corrected chi connectivity index (χ0v) is 12.3. The number of rotatable bonds is 1. The molecule has 4 rings (SSSR count). The van der Waals surface area contributed by atoms with Crippen molar-refractivity contribution in [2.75, 3.05) is 18.0 Å². The molecule has 7 nitrogen and oxygen atoms in total. The summed E-state index contributed by atoms with van der Waals surface area (Å²) in [5.41, 5.74) is 0.870. The van der Waals surface area contributed by atoms with Gasteiger partial charge in [0.15, 0.2) is 0 Å². The largest absolute Gasteiger partial charge is 0.354 e. The number of amides is 1. The Labute approximate surface area is 126 Å². The van der Waals surface area contributed by atoms with E-state index in [0.29, 0.717) is 17.5 Å². The third-order valence-corrected chi connectivity index (χ3v) is 4.81. The first-order valence-electron chi connectivity index (χ1n) is 7.07. The summed E-state index contributed by atoms with van der Waals surface area (Å²) < 4.78 is 1.71. The van der Waals surface area contributed by atoms with Crippen molar-refractivity contribution in [3.63, 3.8) is 0 Å². The van der Waals surface area contributed by atoms with E-state index in [4.69, 9.17) is 11.6 Å². The molecule has 21 heavy (non-hydrogen) atoms. The summed E-state index contributed by atoms with van der Waals surface area (Å²) in [7, 11) is 0. The van der Waals surface area contributed by atoms with E-state index in [-0.39, 0.29) is 17.9 Å². The minimum atomic E-state index is 0.0451. The Balaban J connectivity index is 1.87. The maximum atomic E-state index is 11.9. The van der Waals surface area contributed by atoms with Crippen LogP contribution in [0.1, 0.15) is 18.4 Å². The summed E-state index contributed by atoms with van der Waals surface area (Å²) in [4.78, 5) is 22.5. The molecular weight excluding hydrogens is 292 g/mol. The number of carbonyl (C=O) groups is 1. The molecule has 0 bridgehead atoms. The predicted octanol–water partition coefficient (Wildman–Crippen LogP) is 0.801. The van der Waals surface area contributed by atoms with Gasteiger partial charge < -0.3 is 10.2 Å². The van der Waals surface area contributed by atoms with Crippen LogP contribution in [0.4, 0.5) is 5.82 Å². The summed E-state index contributed by atoms with van der Waals surface area (Å²) in [6.07, 6.45) is 3.39. The third kappa shape index (κ3) is 1.80. The van der Waals surface area contributed by atoms with Gasteiger partial charge >= 0.3 is 0 Å². The summed E-state index contributed by atoms with van der Waals surface area (Å²) in [5, 5.41) is 7.66. The quantitative estimate of drug-likeness (QED) is 0.789. The van der Waals surface area contributed by atoms with Gasteiger partial charge in [0.25, 0.3) is 5.78 Å². The Bertz CT molecular complexity index is 729. The van der Waals surface area contributed by atoms with Crippen LogP contribution in [0.5, 0.6) is 0 Å². The fraction of sp³-hybridized carbons (Fsp3) is 0.538. The van der Waals surface area contributed by atoms with Gasteiger partial charge in [0.05, 0.1) is 12.0 Å². The number of aromatic nitrogens is 4. The first-order valence-corrected chi connectivity index (χ1v) is 7.45. The highest BCUT2D eigenvalue weighted by molar-refractivity contribution is 6.30. The molecule has 2 aromatic rings. The van der Waals surface area contributed by atoms with Crippen molar-refractivity contribution in [1.29, 1.82) is 0 Å². The van der Waals surface area contributed by atoms with Gasteiger partial charge in [-0.2, -0.15) is 19.6 Å². The van der Waals surface area contributed by atoms with Crippen LogP contribution in [-0.4, -0.2) is 44.6 Å². The van der Waals surface area contributed by atoms with Gasteiger partial charge in [0.2, 0.25) is 5.91 Å². The summed E-state index contributed by atoms with van der Waals surface area (Å²) in [5.74, 6) is 1.58. The van der Waals surface area contributed by atoms with Crippen molar-refractivity contribution in [1.82, 2.24) is 24.9 Å². The molecular formula is C13H15ClN6O. The van der Waals surface area contributed by atoms with Gasteiger partial charge in [-0.3, -0.25) is 4.79 Å². The second kappa shape index (κ2) is 4.56. The van der Waals surface area contributed by atoms with Crippen LogP contribution in [0.2, 0.25) is 5.15 Å². The smallest absolute Gasteiger partial charge is 0.255 e. The lowest BCUT2D eigenvalue weighted by Crippen LogP contribution is -2.47. The maximum absolute atomic E-state index is 11.9. The summed E-state index contributed by atoms with van der Waals surface area (Å²) in [6, 6.07) is 0.149. The van der Waals surface area contributed by atoms with Crippen molar-refractivity contribution >= 4 is 29.1 Å². The molecule has 0 aromatic carbocycles. The second-order valence-corrected chi connectivity index (χ2v) is 5.94. The van der Waals surface area contributed by atoms with Gasteiger partial charge in [-0.15, -0.1) is 0 Å². The fourth-order valence-electron chi connectivity index (χ4n) is 3.44. The van der Waals surface area contributed by atoms with E-state index in [2.05, 4.69) is 25.3 Å². The number of piperidine rings is 1. The molecule has 110 valence electrons. The molecule has 1 amide bonds. The van der Waals surface area contributed by atoms with Crippen molar-refractivity contribution < 1.29 is 4.79 Å². The molecule has 2 aliphatic heterocycles. The first kappa shape index (κ1) is 12.8. The van der Waals surface area contributed by atoms with E-state index >= 15 is 0 Å². The average molecular weight is 307 g/mol. The normalized spacial score (nSPS) is 25.2. The molecule has 8 heteroatoms. The molecule has 0 aliphatic carbocycles. The van der Waals surface area contributed by atoms with E-state index in [1.807, 2.05) is 6.92 Å². The summed E-state index contributed by atoms with van der Waals surface area (Å²) >= 11 is 6.24. The number of carbonyl (C=O) groups excluding carboxylic acids is 1. The molecule has 4 heterocycles. The van der Waals surface area contributed by atoms with Crippen LogP contribution in [0, 0.1) is 12.8 Å². The molecule has 2 aromatic heterocycles. The molecule has 2 atom stereocenters. The molecule has 2 saturated heterocycles. The van der Waals surface area contributed by atoms with Crippen LogP contribution >= 0.6 is 11.6 Å². The van der Waals surface area contributed by atoms with Crippen molar-refractivity contribution in [2.45, 2.75) is 25.8 Å². The maximum Gasteiger partial charge on any atom is 0.255 e. The third-order valence-electron chi connectivity index (χ3n) is 4.45. The number of hydrogen-bond acceptors (Lipinski definition) is 5. The van der Waals surface area contributed by atoms with Crippen molar-refractivity contribution in [3.8, 4) is 0 Å². The number of halogens is 1. The number of anilines is 1. The summed E-state index contributed by atoms with van der Waals surface area (Å²) in [6.45, 7) is 3.48. The Hall–Kier alpha value is -1.89. The number of fused-ring (bicyclic) bond motifs is 2. The highest BCUT2D eigenvalue weighted by Gasteiger charge is 2.42. The Morgan fingerprint density at radius 3 is 3.19 bits per heavy atom. The fourth-order valence-corrected chi connectivity index (χ4v) is 3.60.